The molecular formula is C28H23F3N6O5. The van der Waals surface area contributed by atoms with Gasteiger partial charge in [0, 0.05) is 18.0 Å². The number of carbonyl (C=O) groups is 1. The van der Waals surface area contributed by atoms with Gasteiger partial charge in [0.1, 0.15) is 5.52 Å². The molecule has 3 N–H and O–H groups in total. The predicted molar refractivity (Wildman–Crippen MR) is 146 cm³/mol. The van der Waals surface area contributed by atoms with Crippen LogP contribution in [0, 0.1) is 0 Å². The zero-order chi connectivity index (χ0) is 30.0. The maximum Gasteiger partial charge on any atom is 0.418 e. The lowest BCUT2D eigenvalue weighted by Gasteiger charge is -2.18. The number of carbonyl (C=O) groups excluding carboxylic acids is 1. The van der Waals surface area contributed by atoms with Crippen molar-refractivity contribution in [1.29, 1.82) is 0 Å². The number of hydrazine groups is 1. The molecule has 0 saturated carbocycles. The van der Waals surface area contributed by atoms with Gasteiger partial charge in [0.05, 0.1) is 43.7 Å². The minimum absolute atomic E-state index is 0.0333. The van der Waals surface area contributed by atoms with Crippen LogP contribution in [0.3, 0.4) is 0 Å². The summed E-state index contributed by atoms with van der Waals surface area (Å²) in [4.78, 5) is 33.5. The molecule has 0 aliphatic heterocycles. The third-order valence-electron chi connectivity index (χ3n) is 6.40. The van der Waals surface area contributed by atoms with Crippen LogP contribution in [0.15, 0.2) is 78.1 Å². The summed E-state index contributed by atoms with van der Waals surface area (Å²) in [5.41, 5.74) is 3.46. The smallest absolute Gasteiger partial charge is 0.418 e. The number of rotatable bonds is 8. The third-order valence-corrected chi connectivity index (χ3v) is 6.40. The summed E-state index contributed by atoms with van der Waals surface area (Å²) in [7, 11) is 2.98. The van der Waals surface area contributed by atoms with E-state index in [1.807, 2.05) is 30.3 Å². The predicted octanol–water partition coefficient (Wildman–Crippen LogP) is 4.21. The number of ether oxygens (including phenoxy) is 2. The Hall–Kier alpha value is -5.53. The Morgan fingerprint density at radius 1 is 1.07 bits per heavy atom. The average Bonchev–Trinajstić information content (AvgIpc) is 3.52. The molecule has 11 nitrogen and oxygen atoms in total. The van der Waals surface area contributed by atoms with Crippen LogP contribution in [-0.2, 0) is 17.4 Å². The zero-order valence-corrected chi connectivity index (χ0v) is 22.1. The molecule has 5 aromatic rings. The van der Waals surface area contributed by atoms with Gasteiger partial charge in [0.15, 0.2) is 11.5 Å². The summed E-state index contributed by atoms with van der Waals surface area (Å²) in [5.74, 6) is -0.221. The van der Waals surface area contributed by atoms with E-state index in [2.05, 4.69) is 20.8 Å². The molecule has 0 bridgehead atoms. The Kier molecular flexibility index (Phi) is 7.44. The summed E-state index contributed by atoms with van der Waals surface area (Å²) in [5, 5.41) is 10.4. The average molecular weight is 581 g/mol. The van der Waals surface area contributed by atoms with E-state index in [0.29, 0.717) is 28.7 Å². The van der Waals surface area contributed by atoms with Crippen molar-refractivity contribution in [1.82, 2.24) is 24.7 Å². The van der Waals surface area contributed by atoms with E-state index < -0.39 is 34.5 Å². The fourth-order valence-electron chi connectivity index (χ4n) is 4.51. The molecule has 0 aliphatic rings. The highest BCUT2D eigenvalue weighted by atomic mass is 19.4. The molecule has 2 aromatic heterocycles. The molecule has 0 saturated heterocycles. The van der Waals surface area contributed by atoms with Crippen LogP contribution in [0.4, 0.5) is 19.0 Å². The second-order valence-electron chi connectivity index (χ2n) is 8.95. The number of halogens is 3. The lowest BCUT2D eigenvalue weighted by atomic mass is 9.96. The first-order valence-corrected chi connectivity index (χ1v) is 12.3. The van der Waals surface area contributed by atoms with Gasteiger partial charge in [-0.15, -0.1) is 4.73 Å². The van der Waals surface area contributed by atoms with Crippen LogP contribution in [-0.4, -0.2) is 44.6 Å². The number of imidazole rings is 1. The van der Waals surface area contributed by atoms with Crippen molar-refractivity contribution < 1.29 is 32.6 Å². The third kappa shape index (κ3) is 5.29. The monoisotopic (exact) mass is 580 g/mol. The molecule has 0 unspecified atom stereocenters. The number of amides is 1. The second-order valence-corrected chi connectivity index (χ2v) is 8.95. The fraction of sp³-hybridized carbons (Fsp3) is 0.143. The zero-order valence-electron chi connectivity index (χ0n) is 22.1. The summed E-state index contributed by atoms with van der Waals surface area (Å²) < 4.78 is 53.5. The van der Waals surface area contributed by atoms with E-state index in [1.165, 1.54) is 32.9 Å². The van der Waals surface area contributed by atoms with Crippen LogP contribution < -0.4 is 25.9 Å². The van der Waals surface area contributed by atoms with E-state index in [0.717, 1.165) is 16.2 Å². The maximum absolute atomic E-state index is 13.8. The SMILES string of the molecule is COc1ccc(CC(=O)NNc2nc3cc(-n4ccnc4)c(C(F)(F)F)cc3n(O)c2=O)c(-c2ccccc2)c1OC. The van der Waals surface area contributed by atoms with Crippen molar-refractivity contribution in [3.8, 4) is 28.3 Å². The highest BCUT2D eigenvalue weighted by molar-refractivity contribution is 5.86. The number of anilines is 1. The number of nitrogens with zero attached hydrogens (tertiary/aromatic N) is 4. The van der Waals surface area contributed by atoms with E-state index >= 15 is 0 Å². The van der Waals surface area contributed by atoms with Gasteiger partial charge in [-0.2, -0.15) is 13.2 Å². The van der Waals surface area contributed by atoms with Crippen LogP contribution in [0.2, 0.25) is 0 Å². The molecule has 0 atom stereocenters. The lowest BCUT2D eigenvalue weighted by Crippen LogP contribution is -2.35. The van der Waals surface area contributed by atoms with Crippen molar-refractivity contribution in [2.75, 3.05) is 19.6 Å². The molecule has 0 spiro atoms. The van der Waals surface area contributed by atoms with Crippen molar-refractivity contribution >= 4 is 22.8 Å². The van der Waals surface area contributed by atoms with Crippen LogP contribution in [0.1, 0.15) is 11.1 Å². The molecule has 1 amide bonds. The van der Waals surface area contributed by atoms with E-state index in [1.54, 1.807) is 12.1 Å². The first-order valence-electron chi connectivity index (χ1n) is 12.3. The first-order chi connectivity index (χ1) is 20.1. The fourth-order valence-corrected chi connectivity index (χ4v) is 4.51. The molecule has 3 aromatic carbocycles. The van der Waals surface area contributed by atoms with Gasteiger partial charge in [-0.05, 0) is 29.3 Å². The Morgan fingerprint density at radius 3 is 2.48 bits per heavy atom. The summed E-state index contributed by atoms with van der Waals surface area (Å²) in [6.45, 7) is 0. The van der Waals surface area contributed by atoms with Crippen molar-refractivity contribution in [2.45, 2.75) is 12.6 Å². The highest BCUT2D eigenvalue weighted by Crippen LogP contribution is 2.41. The quantitative estimate of drug-likeness (QED) is 0.184. The number of alkyl halides is 3. The van der Waals surface area contributed by atoms with Gasteiger partial charge >= 0.3 is 11.7 Å². The van der Waals surface area contributed by atoms with Crippen molar-refractivity contribution in [3.63, 3.8) is 0 Å². The Bertz CT molecular complexity index is 1820. The molecule has 5 rings (SSSR count). The summed E-state index contributed by atoms with van der Waals surface area (Å²) >= 11 is 0. The van der Waals surface area contributed by atoms with Gasteiger partial charge in [0.2, 0.25) is 11.7 Å². The van der Waals surface area contributed by atoms with Gasteiger partial charge in [-0.1, -0.05) is 36.4 Å². The summed E-state index contributed by atoms with van der Waals surface area (Å²) in [6, 6.07) is 14.2. The molecular weight excluding hydrogens is 557 g/mol. The highest BCUT2D eigenvalue weighted by Gasteiger charge is 2.35. The number of benzene rings is 3. The van der Waals surface area contributed by atoms with Crippen molar-refractivity contribution in [3.05, 3.63) is 94.8 Å². The van der Waals surface area contributed by atoms with Crippen molar-refractivity contribution in [2.24, 2.45) is 0 Å². The van der Waals surface area contributed by atoms with E-state index in [9.17, 15) is 28.0 Å². The largest absolute Gasteiger partial charge is 0.493 e. The molecule has 0 radical (unpaired) electrons. The number of methoxy groups -OCH3 is 2. The molecule has 0 fully saturated rings. The standard InChI is InChI=1S/C28H23F3N6O5/c1-41-22-9-8-17(24(25(22)42-2)16-6-4-3-5-7-16)12-23(38)34-35-26-27(39)37(40)21-13-18(28(29,30)31)20(14-19(21)33-26)36-11-10-32-15-36/h3-11,13-15,40H,12H2,1-2H3,(H,33,35)(H,34,38). The molecule has 2 heterocycles. The van der Waals surface area contributed by atoms with Gasteiger partial charge in [0.25, 0.3) is 0 Å². The van der Waals surface area contributed by atoms with Crippen LogP contribution in [0.25, 0.3) is 27.8 Å². The van der Waals surface area contributed by atoms with E-state index in [-0.39, 0.29) is 22.4 Å². The number of nitrogens with one attached hydrogen (secondary N) is 2. The second kappa shape index (κ2) is 11.2. The molecule has 216 valence electrons. The van der Waals surface area contributed by atoms with Crippen LogP contribution in [0.5, 0.6) is 11.5 Å². The van der Waals surface area contributed by atoms with Crippen LogP contribution >= 0.6 is 0 Å². The normalized spacial score (nSPS) is 11.4. The minimum Gasteiger partial charge on any atom is -0.493 e. The summed E-state index contributed by atoms with van der Waals surface area (Å²) in [6.07, 6.45) is -1.20. The topological polar surface area (TPSA) is 133 Å². The number of aromatic nitrogens is 4. The lowest BCUT2D eigenvalue weighted by molar-refractivity contribution is -0.137. The molecule has 42 heavy (non-hydrogen) atoms. The Labute approximate surface area is 235 Å². The first kappa shape index (κ1) is 28.0. The maximum atomic E-state index is 13.8. The number of hydrogen-bond acceptors (Lipinski definition) is 8. The van der Waals surface area contributed by atoms with Gasteiger partial charge in [-0.3, -0.25) is 20.4 Å². The minimum atomic E-state index is -4.81. The Morgan fingerprint density at radius 2 is 1.83 bits per heavy atom. The number of hydrogen-bond donors (Lipinski definition) is 3. The Balaban J connectivity index is 1.46. The molecule has 0 aliphatic carbocycles. The number of fused-ring (bicyclic) bond motifs is 1. The molecule has 14 heteroatoms. The van der Waals surface area contributed by atoms with Gasteiger partial charge < -0.3 is 19.2 Å². The van der Waals surface area contributed by atoms with Gasteiger partial charge in [-0.25, -0.2) is 9.97 Å². The van der Waals surface area contributed by atoms with E-state index in [4.69, 9.17) is 9.47 Å².